The van der Waals surface area contributed by atoms with Crippen LogP contribution in [0.1, 0.15) is 5.56 Å². The Bertz CT molecular complexity index is 245. The number of fused-ring (bicyclic) bond motifs is 1. The molecule has 0 saturated carbocycles. The molecule has 0 saturated heterocycles. The molecule has 0 aliphatic carbocycles. The molecule has 2 heteroatoms. The highest BCUT2D eigenvalue weighted by molar-refractivity contribution is 9.08. The van der Waals surface area contributed by atoms with Crippen molar-refractivity contribution in [2.75, 3.05) is 0 Å². The maximum atomic E-state index is 5.13. The monoisotopic (exact) mass is 184 g/mol. The molecule has 0 amide bonds. The highest BCUT2D eigenvalue weighted by Gasteiger charge is 2.22. The van der Waals surface area contributed by atoms with E-state index < -0.39 is 0 Å². The van der Waals surface area contributed by atoms with Crippen molar-refractivity contribution in [2.45, 2.75) is 5.33 Å². The third-order valence-corrected chi connectivity index (χ3v) is 1.98. The van der Waals surface area contributed by atoms with Crippen LogP contribution in [0.25, 0.3) is 0 Å². The SMILES string of the molecule is BrCc1cccc2c1O2. The minimum Gasteiger partial charge on any atom is -0.449 e. The molecule has 0 aromatic heterocycles. The van der Waals surface area contributed by atoms with Crippen molar-refractivity contribution in [3.05, 3.63) is 23.8 Å². The van der Waals surface area contributed by atoms with Gasteiger partial charge in [0.15, 0.2) is 11.5 Å². The van der Waals surface area contributed by atoms with E-state index in [1.807, 2.05) is 12.1 Å². The van der Waals surface area contributed by atoms with Crippen molar-refractivity contribution in [2.24, 2.45) is 0 Å². The fourth-order valence-corrected chi connectivity index (χ4v) is 1.29. The molecule has 0 N–H and O–H groups in total. The quantitative estimate of drug-likeness (QED) is 0.491. The van der Waals surface area contributed by atoms with Gasteiger partial charge in [0, 0.05) is 10.9 Å². The number of halogens is 1. The van der Waals surface area contributed by atoms with Gasteiger partial charge in [0.25, 0.3) is 0 Å². The molecule has 46 valence electrons. The summed E-state index contributed by atoms with van der Waals surface area (Å²) < 4.78 is 5.13. The summed E-state index contributed by atoms with van der Waals surface area (Å²) in [7, 11) is 0. The first-order valence-electron chi connectivity index (χ1n) is 2.77. The molecule has 0 spiro atoms. The topological polar surface area (TPSA) is 12.5 Å². The van der Waals surface area contributed by atoms with Gasteiger partial charge in [-0.15, -0.1) is 0 Å². The highest BCUT2D eigenvalue weighted by Crippen LogP contribution is 2.48. The lowest BCUT2D eigenvalue weighted by molar-refractivity contribution is 0.646. The van der Waals surface area contributed by atoms with Crippen LogP contribution in [0.4, 0.5) is 0 Å². The fourth-order valence-electron chi connectivity index (χ4n) is 0.851. The number of benzene rings is 1. The van der Waals surface area contributed by atoms with E-state index in [4.69, 9.17) is 4.74 Å². The third kappa shape index (κ3) is 0.741. The Kier molecular flexibility index (Phi) is 1.02. The van der Waals surface area contributed by atoms with E-state index in [9.17, 15) is 0 Å². The number of hydrogen-bond donors (Lipinski definition) is 0. The largest absolute Gasteiger partial charge is 0.449 e. The lowest BCUT2D eigenvalue weighted by Crippen LogP contribution is -1.66. The summed E-state index contributed by atoms with van der Waals surface area (Å²) in [6.07, 6.45) is 0. The van der Waals surface area contributed by atoms with Gasteiger partial charge in [-0.1, -0.05) is 28.1 Å². The Morgan fingerprint density at radius 3 is 3.00 bits per heavy atom. The van der Waals surface area contributed by atoms with Gasteiger partial charge in [-0.25, -0.2) is 0 Å². The molecule has 1 nitrogen and oxygen atoms in total. The summed E-state index contributed by atoms with van der Waals surface area (Å²) in [4.78, 5) is 0. The van der Waals surface area contributed by atoms with Crippen LogP contribution in [0.3, 0.4) is 0 Å². The minimum atomic E-state index is 0.885. The predicted molar refractivity (Wildman–Crippen MR) is 39.1 cm³/mol. The van der Waals surface area contributed by atoms with Crippen LogP contribution in [0.2, 0.25) is 0 Å². The Hall–Kier alpha value is -0.500. The molecule has 9 heavy (non-hydrogen) atoms. The fraction of sp³-hybridized carbons (Fsp3) is 0.143. The van der Waals surface area contributed by atoms with Gasteiger partial charge >= 0.3 is 0 Å². The van der Waals surface area contributed by atoms with Crippen LogP contribution in [0, 0.1) is 0 Å². The zero-order valence-electron chi connectivity index (χ0n) is 4.73. The van der Waals surface area contributed by atoms with Crippen molar-refractivity contribution in [3.8, 4) is 11.5 Å². The molecule has 2 rings (SSSR count). The van der Waals surface area contributed by atoms with Gasteiger partial charge in [0.05, 0.1) is 0 Å². The lowest BCUT2D eigenvalue weighted by Gasteiger charge is -1.83. The van der Waals surface area contributed by atoms with Crippen LogP contribution in [0.5, 0.6) is 11.5 Å². The second-order valence-electron chi connectivity index (χ2n) is 1.98. The van der Waals surface area contributed by atoms with Gasteiger partial charge in [0.2, 0.25) is 0 Å². The molecule has 1 aliphatic rings. The Balaban J connectivity index is 2.51. The first-order valence-corrected chi connectivity index (χ1v) is 3.89. The zero-order valence-corrected chi connectivity index (χ0v) is 6.31. The molecule has 0 atom stereocenters. The predicted octanol–water partition coefficient (Wildman–Crippen LogP) is 2.69. The van der Waals surface area contributed by atoms with E-state index in [0.717, 1.165) is 16.8 Å². The van der Waals surface area contributed by atoms with Crippen LogP contribution in [0.15, 0.2) is 18.2 Å². The summed E-state index contributed by atoms with van der Waals surface area (Å²) in [5.41, 5.74) is 1.24. The summed E-state index contributed by atoms with van der Waals surface area (Å²) >= 11 is 3.36. The molecule has 1 aromatic carbocycles. The number of para-hydroxylation sites is 1. The maximum absolute atomic E-state index is 5.13. The molecular formula is C7H5BrO. The van der Waals surface area contributed by atoms with E-state index >= 15 is 0 Å². The molecule has 1 aromatic rings. The first-order chi connectivity index (χ1) is 4.42. The molecule has 1 heterocycles. The number of ether oxygens (including phenoxy) is 1. The van der Waals surface area contributed by atoms with E-state index in [2.05, 4.69) is 22.0 Å². The van der Waals surface area contributed by atoms with Gasteiger partial charge < -0.3 is 4.74 Å². The number of hydrogen-bond acceptors (Lipinski definition) is 1. The standard InChI is InChI=1S/C7H5BrO/c8-4-5-2-1-3-6-7(5)9-6/h1-3H,4H2. The van der Waals surface area contributed by atoms with Crippen molar-refractivity contribution in [1.29, 1.82) is 0 Å². The van der Waals surface area contributed by atoms with Crippen LogP contribution in [-0.2, 0) is 5.33 Å². The molecule has 0 radical (unpaired) electrons. The first kappa shape index (κ1) is 5.30. The highest BCUT2D eigenvalue weighted by atomic mass is 79.9. The average molecular weight is 185 g/mol. The second kappa shape index (κ2) is 1.74. The molecule has 1 aliphatic heterocycles. The van der Waals surface area contributed by atoms with Crippen LogP contribution < -0.4 is 4.74 Å². The van der Waals surface area contributed by atoms with Crippen molar-refractivity contribution < 1.29 is 4.74 Å². The smallest absolute Gasteiger partial charge is 0.174 e. The summed E-state index contributed by atoms with van der Waals surface area (Å²) in [5.74, 6) is 2.10. The third-order valence-electron chi connectivity index (χ3n) is 1.37. The van der Waals surface area contributed by atoms with Gasteiger partial charge in [0.1, 0.15) is 0 Å². The van der Waals surface area contributed by atoms with Crippen LogP contribution >= 0.6 is 15.9 Å². The number of rotatable bonds is 1. The summed E-state index contributed by atoms with van der Waals surface area (Å²) in [6, 6.07) is 6.03. The maximum Gasteiger partial charge on any atom is 0.174 e. The Morgan fingerprint density at radius 1 is 1.44 bits per heavy atom. The molecular weight excluding hydrogens is 180 g/mol. The van der Waals surface area contributed by atoms with Crippen molar-refractivity contribution >= 4 is 15.9 Å². The van der Waals surface area contributed by atoms with E-state index in [-0.39, 0.29) is 0 Å². The zero-order chi connectivity index (χ0) is 6.27. The van der Waals surface area contributed by atoms with E-state index in [1.54, 1.807) is 0 Å². The normalized spacial score (nSPS) is 12.1. The van der Waals surface area contributed by atoms with Gasteiger partial charge in [-0.05, 0) is 6.07 Å². The molecule has 0 bridgehead atoms. The Labute approximate surface area is 61.8 Å². The minimum absolute atomic E-state index is 0.885. The van der Waals surface area contributed by atoms with Gasteiger partial charge in [-0.2, -0.15) is 0 Å². The van der Waals surface area contributed by atoms with E-state index in [1.165, 1.54) is 5.56 Å². The molecule has 0 unspecified atom stereocenters. The Morgan fingerprint density at radius 2 is 2.33 bits per heavy atom. The van der Waals surface area contributed by atoms with Gasteiger partial charge in [-0.3, -0.25) is 0 Å². The van der Waals surface area contributed by atoms with Crippen molar-refractivity contribution in [1.82, 2.24) is 0 Å². The van der Waals surface area contributed by atoms with E-state index in [0.29, 0.717) is 0 Å². The summed E-state index contributed by atoms with van der Waals surface area (Å²) in [5, 5.41) is 0.885. The van der Waals surface area contributed by atoms with Crippen LogP contribution in [-0.4, -0.2) is 0 Å². The lowest BCUT2D eigenvalue weighted by atomic mass is 10.2. The second-order valence-corrected chi connectivity index (χ2v) is 2.54. The average Bonchev–Trinajstić information content (AvgIpc) is 2.64. The van der Waals surface area contributed by atoms with Crippen molar-refractivity contribution in [3.63, 3.8) is 0 Å². The summed E-state index contributed by atoms with van der Waals surface area (Å²) in [6.45, 7) is 0. The molecule has 0 fully saturated rings. The number of alkyl halides is 1.